The number of carbonyl (C=O) groups is 1. The third-order valence-corrected chi connectivity index (χ3v) is 5.35. The van der Waals surface area contributed by atoms with Gasteiger partial charge in [-0.2, -0.15) is 5.10 Å². The van der Waals surface area contributed by atoms with Gasteiger partial charge >= 0.3 is 0 Å². The number of aliphatic hydroxyl groups is 1. The molecule has 1 amide bonds. The smallest absolute Gasteiger partial charge is 0.253 e. The van der Waals surface area contributed by atoms with Crippen LogP contribution in [0.3, 0.4) is 0 Å². The highest BCUT2D eigenvalue weighted by Crippen LogP contribution is 2.37. The van der Waals surface area contributed by atoms with Crippen molar-refractivity contribution in [2.45, 2.75) is 25.7 Å². The lowest BCUT2D eigenvalue weighted by atomic mass is 9.97. The fraction of sp³-hybridized carbons (Fsp3) is 0.400. The molecule has 4 rings (SSSR count). The monoisotopic (exact) mass is 337 g/mol. The molecule has 130 valence electrons. The van der Waals surface area contributed by atoms with Gasteiger partial charge in [-0.25, -0.2) is 0 Å². The van der Waals surface area contributed by atoms with Gasteiger partial charge in [0, 0.05) is 37.0 Å². The van der Waals surface area contributed by atoms with E-state index in [1.807, 2.05) is 23.4 Å². The van der Waals surface area contributed by atoms with Gasteiger partial charge in [0.15, 0.2) is 0 Å². The fourth-order valence-electron chi connectivity index (χ4n) is 3.82. The van der Waals surface area contributed by atoms with Gasteiger partial charge in [-0.3, -0.25) is 9.89 Å². The van der Waals surface area contributed by atoms with Crippen LogP contribution in [0, 0.1) is 5.92 Å². The normalized spacial score (nSPS) is 21.1. The van der Waals surface area contributed by atoms with Crippen molar-refractivity contribution in [1.82, 2.24) is 15.1 Å². The maximum Gasteiger partial charge on any atom is 0.253 e. The number of nitrogens with one attached hydrogen (secondary N) is 1. The Morgan fingerprint density at radius 1 is 1.28 bits per heavy atom. The average Bonchev–Trinajstić information content (AvgIpc) is 3.29. The molecule has 1 aliphatic heterocycles. The van der Waals surface area contributed by atoms with Crippen LogP contribution in [-0.2, 0) is 4.79 Å². The quantitative estimate of drug-likeness (QED) is 0.891. The number of hydrogen-bond acceptors (Lipinski definition) is 3. The van der Waals surface area contributed by atoms with Crippen LogP contribution in [0.5, 0.6) is 0 Å². The molecule has 0 radical (unpaired) electrons. The van der Waals surface area contributed by atoms with Gasteiger partial charge in [0.05, 0.1) is 6.20 Å². The first-order valence-corrected chi connectivity index (χ1v) is 8.99. The Morgan fingerprint density at radius 2 is 2.12 bits per heavy atom. The van der Waals surface area contributed by atoms with E-state index < -0.39 is 0 Å². The van der Waals surface area contributed by atoms with Crippen molar-refractivity contribution in [2.75, 3.05) is 19.7 Å². The molecule has 1 aromatic rings. The van der Waals surface area contributed by atoms with Crippen molar-refractivity contribution in [3.8, 4) is 0 Å². The Balaban J connectivity index is 1.61. The molecule has 2 aliphatic carbocycles. The third kappa shape index (κ3) is 3.12. The third-order valence-electron chi connectivity index (χ3n) is 5.35. The maximum atomic E-state index is 12.9. The molecular weight excluding hydrogens is 314 g/mol. The molecule has 0 atom stereocenters. The lowest BCUT2D eigenvalue weighted by Crippen LogP contribution is -2.39. The Kier molecular flexibility index (Phi) is 4.40. The molecule has 2 N–H and O–H groups in total. The van der Waals surface area contributed by atoms with E-state index >= 15 is 0 Å². The molecule has 0 spiro atoms. The first-order valence-electron chi connectivity index (χ1n) is 8.99. The van der Waals surface area contributed by atoms with Crippen molar-refractivity contribution in [3.63, 3.8) is 0 Å². The number of likely N-dealkylation sites (tertiary alicyclic amines) is 1. The summed E-state index contributed by atoms with van der Waals surface area (Å²) in [5.74, 6) is 0.451. The molecule has 25 heavy (non-hydrogen) atoms. The number of piperidine rings is 1. The number of aliphatic hydroxyl groups excluding tert-OH is 1. The largest absolute Gasteiger partial charge is 0.396 e. The van der Waals surface area contributed by atoms with Gasteiger partial charge in [-0.1, -0.05) is 12.2 Å². The van der Waals surface area contributed by atoms with Crippen LogP contribution in [0.1, 0.15) is 31.2 Å². The lowest BCUT2D eigenvalue weighted by Gasteiger charge is -2.31. The highest BCUT2D eigenvalue weighted by Gasteiger charge is 2.27. The van der Waals surface area contributed by atoms with E-state index in [1.165, 1.54) is 5.57 Å². The topological polar surface area (TPSA) is 69.2 Å². The zero-order chi connectivity index (χ0) is 17.2. The van der Waals surface area contributed by atoms with Gasteiger partial charge < -0.3 is 10.0 Å². The molecule has 0 aromatic carbocycles. The molecule has 1 aromatic heterocycles. The highest BCUT2D eigenvalue weighted by molar-refractivity contribution is 6.00. The van der Waals surface area contributed by atoms with Crippen molar-refractivity contribution in [3.05, 3.63) is 59.0 Å². The van der Waals surface area contributed by atoms with Crippen LogP contribution in [0.4, 0.5) is 0 Å². The van der Waals surface area contributed by atoms with Crippen molar-refractivity contribution in [1.29, 1.82) is 0 Å². The summed E-state index contributed by atoms with van der Waals surface area (Å²) in [6.45, 7) is 1.69. The van der Waals surface area contributed by atoms with Crippen LogP contribution in [0.25, 0.3) is 5.57 Å². The number of rotatable bonds is 3. The summed E-state index contributed by atoms with van der Waals surface area (Å²) in [5.41, 5.74) is 5.33. The second kappa shape index (κ2) is 6.84. The van der Waals surface area contributed by atoms with Crippen LogP contribution in [-0.4, -0.2) is 45.8 Å². The second-order valence-corrected chi connectivity index (χ2v) is 6.94. The highest BCUT2D eigenvalue weighted by atomic mass is 16.3. The minimum atomic E-state index is 0.111. The minimum absolute atomic E-state index is 0.111. The molecule has 0 bridgehead atoms. The van der Waals surface area contributed by atoms with Gasteiger partial charge in [-0.15, -0.1) is 0 Å². The van der Waals surface area contributed by atoms with E-state index in [-0.39, 0.29) is 12.5 Å². The Bertz CT molecular complexity index is 776. The number of aromatic amines is 1. The number of H-pyrrole nitrogens is 1. The summed E-state index contributed by atoms with van der Waals surface area (Å²) in [6, 6.07) is 0. The van der Waals surface area contributed by atoms with Crippen LogP contribution in [0.2, 0.25) is 0 Å². The first kappa shape index (κ1) is 16.1. The fourth-order valence-corrected chi connectivity index (χ4v) is 3.82. The molecule has 5 nitrogen and oxygen atoms in total. The Hall–Kier alpha value is -2.40. The van der Waals surface area contributed by atoms with Gasteiger partial charge in [-0.05, 0) is 60.5 Å². The van der Waals surface area contributed by atoms with Gasteiger partial charge in [0.1, 0.15) is 0 Å². The summed E-state index contributed by atoms with van der Waals surface area (Å²) in [6.07, 6.45) is 15.8. The van der Waals surface area contributed by atoms with E-state index in [2.05, 4.69) is 28.4 Å². The molecule has 3 aliphatic rings. The summed E-state index contributed by atoms with van der Waals surface area (Å²) in [7, 11) is 0. The van der Waals surface area contributed by atoms with Crippen LogP contribution in [0.15, 0.2) is 53.4 Å². The predicted molar refractivity (Wildman–Crippen MR) is 96.4 cm³/mol. The van der Waals surface area contributed by atoms with Crippen molar-refractivity contribution < 1.29 is 9.90 Å². The number of fused-ring (bicyclic) bond motifs is 1. The lowest BCUT2D eigenvalue weighted by molar-refractivity contribution is -0.128. The van der Waals surface area contributed by atoms with E-state index in [1.54, 1.807) is 0 Å². The molecule has 0 saturated carbocycles. The van der Waals surface area contributed by atoms with Crippen LogP contribution < -0.4 is 0 Å². The van der Waals surface area contributed by atoms with Crippen molar-refractivity contribution in [2.24, 2.45) is 5.92 Å². The average molecular weight is 337 g/mol. The zero-order valence-corrected chi connectivity index (χ0v) is 14.2. The van der Waals surface area contributed by atoms with E-state index in [9.17, 15) is 9.90 Å². The number of hydrogen-bond donors (Lipinski definition) is 2. The van der Waals surface area contributed by atoms with E-state index in [0.717, 1.165) is 61.1 Å². The summed E-state index contributed by atoms with van der Waals surface area (Å²) in [5, 5.41) is 16.2. The summed E-state index contributed by atoms with van der Waals surface area (Å²) >= 11 is 0. The van der Waals surface area contributed by atoms with E-state index in [0.29, 0.717) is 5.92 Å². The second-order valence-electron chi connectivity index (χ2n) is 6.94. The number of allylic oxidation sites excluding steroid dienone is 6. The van der Waals surface area contributed by atoms with Gasteiger partial charge in [0.25, 0.3) is 5.91 Å². The molecule has 5 heteroatoms. The molecular formula is C20H23N3O2. The molecule has 2 heterocycles. The van der Waals surface area contributed by atoms with E-state index in [4.69, 9.17) is 0 Å². The Morgan fingerprint density at radius 3 is 2.84 bits per heavy atom. The molecule has 0 unspecified atom stereocenters. The van der Waals surface area contributed by atoms with Crippen molar-refractivity contribution >= 4 is 11.5 Å². The number of nitrogens with zero attached hydrogens (tertiary/aromatic N) is 2. The predicted octanol–water partition coefficient (Wildman–Crippen LogP) is 2.61. The number of amides is 1. The first-order chi connectivity index (χ1) is 12.3. The SMILES string of the molecule is O=C(C1=CC2=C(c3cn[nH]c3)C=CCCC2=C1)N1CCC(CO)CC1. The molecule has 1 fully saturated rings. The molecule has 1 saturated heterocycles. The maximum absolute atomic E-state index is 12.9. The minimum Gasteiger partial charge on any atom is -0.396 e. The standard InChI is InChI=1S/C20H23N3O2/c24-13-14-5-7-23(8-6-14)20(25)16-9-15-3-1-2-4-18(19(15)10-16)17-11-21-22-12-17/h2,4,9-12,14,24H,1,3,5-8,13H2,(H,21,22). The van der Waals surface area contributed by atoms with Gasteiger partial charge in [0.2, 0.25) is 0 Å². The number of aromatic nitrogens is 2. The summed E-state index contributed by atoms with van der Waals surface area (Å²) < 4.78 is 0. The zero-order valence-electron chi connectivity index (χ0n) is 14.2. The number of carbonyl (C=O) groups excluding carboxylic acids is 1. The Labute approximate surface area is 147 Å². The summed E-state index contributed by atoms with van der Waals surface area (Å²) in [4.78, 5) is 14.8. The van der Waals surface area contributed by atoms with Crippen LogP contribution >= 0.6 is 0 Å².